The summed E-state index contributed by atoms with van der Waals surface area (Å²) in [5, 5.41) is 12.4. The predicted octanol–water partition coefficient (Wildman–Crippen LogP) is 1.29. The second-order valence-electron chi connectivity index (χ2n) is 5.33. The second-order valence-corrected chi connectivity index (χ2v) is 5.33. The van der Waals surface area contributed by atoms with E-state index >= 15 is 0 Å². The summed E-state index contributed by atoms with van der Waals surface area (Å²) < 4.78 is 5.71. The highest BCUT2D eigenvalue weighted by Gasteiger charge is 2.30. The molecule has 0 aliphatic carbocycles. The number of aliphatic hydroxyl groups excluding tert-OH is 1. The van der Waals surface area contributed by atoms with Crippen LogP contribution in [0.3, 0.4) is 0 Å². The van der Waals surface area contributed by atoms with E-state index in [9.17, 15) is 9.90 Å². The van der Waals surface area contributed by atoms with Crippen LogP contribution in [0.1, 0.15) is 25.5 Å². The van der Waals surface area contributed by atoms with Gasteiger partial charge in [-0.2, -0.15) is 0 Å². The van der Waals surface area contributed by atoms with Crippen LogP contribution < -0.4 is 10.2 Å². The van der Waals surface area contributed by atoms with Gasteiger partial charge < -0.3 is 20.1 Å². The van der Waals surface area contributed by atoms with Crippen molar-refractivity contribution < 1.29 is 14.6 Å². The average molecular weight is 262 g/mol. The average Bonchev–Trinajstić information content (AvgIpc) is 2.63. The fraction of sp³-hybridized carbons (Fsp3) is 0.500. The Morgan fingerprint density at radius 3 is 2.68 bits per heavy atom. The lowest BCUT2D eigenvalue weighted by molar-refractivity contribution is -0.123. The van der Waals surface area contributed by atoms with Crippen molar-refractivity contribution in [1.82, 2.24) is 0 Å². The van der Waals surface area contributed by atoms with Crippen molar-refractivity contribution in [3.05, 3.63) is 23.8 Å². The highest BCUT2D eigenvalue weighted by Crippen LogP contribution is 2.34. The molecule has 1 aromatic carbocycles. The zero-order chi connectivity index (χ0) is 13.6. The number of carbonyl (C=O) groups excluding carboxylic acids is 1. The van der Waals surface area contributed by atoms with E-state index in [0.29, 0.717) is 11.3 Å². The minimum absolute atomic E-state index is 0.192. The van der Waals surface area contributed by atoms with Gasteiger partial charge >= 0.3 is 0 Å². The van der Waals surface area contributed by atoms with E-state index in [2.05, 4.69) is 24.1 Å². The van der Waals surface area contributed by atoms with E-state index in [-0.39, 0.29) is 18.1 Å². The number of hydrogen-bond donors (Lipinski definition) is 2. The molecule has 0 spiro atoms. The van der Waals surface area contributed by atoms with Crippen LogP contribution >= 0.6 is 0 Å². The number of carbonyl (C=O) groups is 1. The van der Waals surface area contributed by atoms with Crippen molar-refractivity contribution in [2.75, 3.05) is 23.3 Å². The molecule has 2 aliphatic heterocycles. The maximum Gasteiger partial charge on any atom is 0.257 e. The van der Waals surface area contributed by atoms with Gasteiger partial charge in [0, 0.05) is 30.0 Å². The third-order valence-corrected chi connectivity index (χ3v) is 3.62. The van der Waals surface area contributed by atoms with Crippen LogP contribution in [0.25, 0.3) is 0 Å². The highest BCUT2D eigenvalue weighted by molar-refractivity contribution is 6.02. The SMILES string of the molecule is C[C@@H]1CN(c2ccc3c(c2)NC(=O)C3O)C[C@H](C)O1. The van der Waals surface area contributed by atoms with Crippen LogP contribution in [0, 0.1) is 0 Å². The van der Waals surface area contributed by atoms with Crippen LogP contribution in [0.4, 0.5) is 11.4 Å². The van der Waals surface area contributed by atoms with Crippen molar-refractivity contribution in [3.63, 3.8) is 0 Å². The number of nitrogens with one attached hydrogen (secondary N) is 1. The number of hydrogen-bond acceptors (Lipinski definition) is 4. The van der Waals surface area contributed by atoms with Gasteiger partial charge in [-0.05, 0) is 26.0 Å². The molecule has 3 atom stereocenters. The van der Waals surface area contributed by atoms with E-state index in [1.165, 1.54) is 0 Å². The largest absolute Gasteiger partial charge is 0.378 e. The number of nitrogens with zero attached hydrogens (tertiary/aromatic N) is 1. The molecule has 1 unspecified atom stereocenters. The summed E-state index contributed by atoms with van der Waals surface area (Å²) in [5.74, 6) is -0.351. The lowest BCUT2D eigenvalue weighted by atomic mass is 10.1. The Labute approximate surface area is 112 Å². The molecule has 1 aromatic rings. The molecule has 1 fully saturated rings. The Morgan fingerprint density at radius 1 is 1.32 bits per heavy atom. The van der Waals surface area contributed by atoms with Crippen LogP contribution in [0.15, 0.2) is 18.2 Å². The third-order valence-electron chi connectivity index (χ3n) is 3.62. The monoisotopic (exact) mass is 262 g/mol. The number of amides is 1. The topological polar surface area (TPSA) is 61.8 Å². The Hall–Kier alpha value is -1.59. The lowest BCUT2D eigenvalue weighted by Gasteiger charge is -2.37. The molecular weight excluding hydrogens is 244 g/mol. The van der Waals surface area contributed by atoms with Crippen LogP contribution in [-0.2, 0) is 9.53 Å². The van der Waals surface area contributed by atoms with Crippen molar-refractivity contribution in [1.29, 1.82) is 0 Å². The molecule has 0 saturated carbocycles. The maximum atomic E-state index is 11.4. The van der Waals surface area contributed by atoms with Crippen LogP contribution in [0.5, 0.6) is 0 Å². The zero-order valence-electron chi connectivity index (χ0n) is 11.1. The van der Waals surface area contributed by atoms with Gasteiger partial charge in [0.15, 0.2) is 6.10 Å². The minimum Gasteiger partial charge on any atom is -0.378 e. The number of anilines is 2. The van der Waals surface area contributed by atoms with Gasteiger partial charge in [-0.3, -0.25) is 4.79 Å². The zero-order valence-corrected chi connectivity index (χ0v) is 11.1. The lowest BCUT2D eigenvalue weighted by Crippen LogP contribution is -2.45. The summed E-state index contributed by atoms with van der Waals surface area (Å²) in [6.45, 7) is 5.78. The Balaban J connectivity index is 1.87. The summed E-state index contributed by atoms with van der Waals surface area (Å²) in [6.07, 6.45) is -0.652. The summed E-state index contributed by atoms with van der Waals surface area (Å²) in [4.78, 5) is 13.7. The van der Waals surface area contributed by atoms with Crippen molar-refractivity contribution >= 4 is 17.3 Å². The molecule has 1 saturated heterocycles. The maximum absolute atomic E-state index is 11.4. The van der Waals surface area contributed by atoms with Gasteiger partial charge in [0.2, 0.25) is 0 Å². The molecule has 0 radical (unpaired) electrons. The molecule has 2 N–H and O–H groups in total. The number of rotatable bonds is 1. The third kappa shape index (κ3) is 2.19. The fourth-order valence-electron chi connectivity index (χ4n) is 2.82. The van der Waals surface area contributed by atoms with Crippen LogP contribution in [0.2, 0.25) is 0 Å². The van der Waals surface area contributed by atoms with Gasteiger partial charge in [-0.1, -0.05) is 6.07 Å². The normalized spacial score (nSPS) is 30.2. The molecule has 2 heterocycles. The van der Waals surface area contributed by atoms with E-state index in [1.54, 1.807) is 0 Å². The number of aliphatic hydroxyl groups is 1. The van der Waals surface area contributed by atoms with E-state index in [1.807, 2.05) is 18.2 Å². The molecule has 1 amide bonds. The fourth-order valence-corrected chi connectivity index (χ4v) is 2.82. The van der Waals surface area contributed by atoms with E-state index < -0.39 is 6.10 Å². The van der Waals surface area contributed by atoms with Gasteiger partial charge in [0.1, 0.15) is 0 Å². The first-order valence-corrected chi connectivity index (χ1v) is 6.58. The predicted molar refractivity (Wildman–Crippen MR) is 72.3 cm³/mol. The summed E-state index contributed by atoms with van der Waals surface area (Å²) in [7, 11) is 0. The molecule has 0 aromatic heterocycles. The molecule has 19 heavy (non-hydrogen) atoms. The smallest absolute Gasteiger partial charge is 0.257 e. The summed E-state index contributed by atoms with van der Waals surface area (Å²) in [5.41, 5.74) is 2.42. The quantitative estimate of drug-likeness (QED) is 0.800. The standard InChI is InChI=1S/C14H18N2O3/c1-8-6-16(7-9(2)19-8)10-3-4-11-12(5-10)15-14(18)13(11)17/h3-5,8-9,13,17H,6-7H2,1-2H3,(H,15,18)/t8-,9+,13?. The second kappa shape index (κ2) is 4.51. The number of fused-ring (bicyclic) bond motifs is 1. The Bertz CT molecular complexity index is 507. The van der Waals surface area contributed by atoms with Crippen molar-refractivity contribution in [2.24, 2.45) is 0 Å². The number of ether oxygens (including phenoxy) is 1. The van der Waals surface area contributed by atoms with E-state index in [0.717, 1.165) is 18.8 Å². The molecule has 0 bridgehead atoms. The highest BCUT2D eigenvalue weighted by atomic mass is 16.5. The molecule has 5 nitrogen and oxygen atoms in total. The van der Waals surface area contributed by atoms with Gasteiger partial charge in [-0.15, -0.1) is 0 Å². The molecular formula is C14H18N2O3. The van der Waals surface area contributed by atoms with Gasteiger partial charge in [-0.25, -0.2) is 0 Å². The summed E-state index contributed by atoms with van der Waals surface area (Å²) >= 11 is 0. The van der Waals surface area contributed by atoms with E-state index in [4.69, 9.17) is 4.74 Å². The Kier molecular flexibility index (Phi) is 2.95. The molecule has 5 heteroatoms. The molecule has 2 aliphatic rings. The molecule has 102 valence electrons. The number of benzene rings is 1. The first-order valence-electron chi connectivity index (χ1n) is 6.58. The minimum atomic E-state index is -1.04. The van der Waals surface area contributed by atoms with Crippen molar-refractivity contribution in [2.45, 2.75) is 32.2 Å². The molecule has 3 rings (SSSR count). The Morgan fingerprint density at radius 2 is 2.00 bits per heavy atom. The van der Waals surface area contributed by atoms with Gasteiger partial charge in [0.05, 0.1) is 12.2 Å². The first-order chi connectivity index (χ1) is 9.04. The van der Waals surface area contributed by atoms with Gasteiger partial charge in [0.25, 0.3) is 5.91 Å². The number of morpholine rings is 1. The van der Waals surface area contributed by atoms with Crippen molar-refractivity contribution in [3.8, 4) is 0 Å². The first kappa shape index (κ1) is 12.4. The summed E-state index contributed by atoms with van der Waals surface area (Å²) in [6, 6.07) is 5.69. The van der Waals surface area contributed by atoms with Crippen LogP contribution in [-0.4, -0.2) is 36.3 Å².